The van der Waals surface area contributed by atoms with Gasteiger partial charge >= 0.3 is 0 Å². The van der Waals surface area contributed by atoms with Gasteiger partial charge in [0.05, 0.1) is 6.26 Å². The number of thiocarbonyl (C=S) groups is 1. The van der Waals surface area contributed by atoms with Crippen LogP contribution in [0.5, 0.6) is 0 Å². The van der Waals surface area contributed by atoms with Gasteiger partial charge in [-0.2, -0.15) is 4.41 Å². The lowest BCUT2D eigenvalue weighted by molar-refractivity contribution is 0.534. The number of sulfonamides is 1. The number of rotatable bonds is 3. The molecule has 0 unspecified atom stereocenters. The van der Waals surface area contributed by atoms with Gasteiger partial charge in [-0.15, -0.1) is 0 Å². The van der Waals surface area contributed by atoms with Gasteiger partial charge in [0.25, 0.3) is 0 Å². The molecule has 16 heavy (non-hydrogen) atoms. The van der Waals surface area contributed by atoms with Crippen molar-refractivity contribution in [2.45, 2.75) is 6.54 Å². The Morgan fingerprint density at radius 2 is 2.00 bits per heavy atom. The molecule has 0 aliphatic rings. The van der Waals surface area contributed by atoms with Crippen LogP contribution < -0.4 is 11.2 Å². The molecule has 0 saturated carbocycles. The van der Waals surface area contributed by atoms with Crippen molar-refractivity contribution in [3.63, 3.8) is 0 Å². The van der Waals surface area contributed by atoms with Crippen LogP contribution in [0.2, 0.25) is 0 Å². The fourth-order valence-electron chi connectivity index (χ4n) is 1.00. The Hall–Kier alpha value is -1.18. The second-order valence-electron chi connectivity index (χ2n) is 3.20. The molecule has 0 aliphatic heterocycles. The molecule has 1 aromatic rings. The van der Waals surface area contributed by atoms with E-state index in [0.29, 0.717) is 11.0 Å². The molecule has 0 atom stereocenters. The first-order valence-corrected chi connectivity index (χ1v) is 6.73. The summed E-state index contributed by atoms with van der Waals surface area (Å²) in [5, 5.41) is 2.74. The van der Waals surface area contributed by atoms with E-state index in [1.54, 1.807) is 0 Å². The largest absolute Gasteiger partial charge is 0.357 e. The van der Waals surface area contributed by atoms with Crippen molar-refractivity contribution < 1.29 is 8.42 Å². The number of benzene rings is 1. The number of hydrogen-bond donors (Lipinski definition) is 2. The van der Waals surface area contributed by atoms with Gasteiger partial charge in [0.2, 0.25) is 10.0 Å². The van der Waals surface area contributed by atoms with E-state index in [0.717, 1.165) is 11.8 Å². The van der Waals surface area contributed by atoms with Crippen molar-refractivity contribution in [1.29, 1.82) is 0 Å². The number of nitrogens with one attached hydrogen (secondary N) is 1. The van der Waals surface area contributed by atoms with E-state index >= 15 is 0 Å². The van der Waals surface area contributed by atoms with Crippen LogP contribution in [0.1, 0.15) is 5.56 Å². The van der Waals surface area contributed by atoms with Crippen molar-refractivity contribution in [1.82, 2.24) is 9.73 Å². The number of nitrogens with zero attached hydrogens (tertiary/aromatic N) is 1. The monoisotopic (exact) mass is 259 g/mol. The quantitative estimate of drug-likeness (QED) is 0.461. The van der Waals surface area contributed by atoms with E-state index in [2.05, 4.69) is 5.32 Å². The number of nitrogens with two attached hydrogens (primary N) is 1. The lowest BCUT2D eigenvalue weighted by Crippen LogP contribution is -2.47. The van der Waals surface area contributed by atoms with Crippen LogP contribution in [-0.4, -0.2) is 24.2 Å². The highest BCUT2D eigenvalue weighted by atomic mass is 32.2. The Bertz CT molecular complexity index is 459. The van der Waals surface area contributed by atoms with Gasteiger partial charge in [-0.3, -0.25) is 0 Å². The molecule has 5 nitrogen and oxygen atoms in total. The molecule has 0 amide bonds. The van der Waals surface area contributed by atoms with Gasteiger partial charge in [0, 0.05) is 6.54 Å². The highest BCUT2D eigenvalue weighted by molar-refractivity contribution is 7.90. The summed E-state index contributed by atoms with van der Waals surface area (Å²) < 4.78 is 22.7. The molecule has 0 heterocycles. The van der Waals surface area contributed by atoms with Crippen molar-refractivity contribution in [2.75, 3.05) is 6.26 Å². The molecule has 0 saturated heterocycles. The average Bonchev–Trinajstić information content (AvgIpc) is 2.25. The zero-order valence-corrected chi connectivity index (χ0v) is 10.4. The molecule has 1 rings (SSSR count). The van der Waals surface area contributed by atoms with E-state index in [1.165, 1.54) is 0 Å². The van der Waals surface area contributed by atoms with Gasteiger partial charge in [0.1, 0.15) is 0 Å². The van der Waals surface area contributed by atoms with E-state index < -0.39 is 10.0 Å². The van der Waals surface area contributed by atoms with Crippen molar-refractivity contribution in [3.8, 4) is 0 Å². The number of hydrazine groups is 1. The molecular formula is C9H13N3O2S2. The molecule has 0 bridgehead atoms. The fourth-order valence-corrected chi connectivity index (χ4v) is 1.85. The second-order valence-corrected chi connectivity index (χ2v) is 5.45. The maximum Gasteiger partial charge on any atom is 0.247 e. The lowest BCUT2D eigenvalue weighted by Gasteiger charge is -2.17. The highest BCUT2D eigenvalue weighted by Gasteiger charge is 2.14. The van der Waals surface area contributed by atoms with Gasteiger partial charge in [-0.25, -0.2) is 14.3 Å². The van der Waals surface area contributed by atoms with Gasteiger partial charge in [-0.05, 0) is 17.8 Å². The lowest BCUT2D eigenvalue weighted by atomic mass is 10.2. The summed E-state index contributed by atoms with van der Waals surface area (Å²) in [6.07, 6.45) is 0.990. The molecule has 3 N–H and O–H groups in total. The SMILES string of the molecule is CS(=O)(=O)N(N)C(=S)NCc1ccccc1. The molecule has 0 aliphatic carbocycles. The summed E-state index contributed by atoms with van der Waals surface area (Å²) in [7, 11) is -3.50. The topological polar surface area (TPSA) is 75.4 Å². The van der Waals surface area contributed by atoms with Crippen molar-refractivity contribution >= 4 is 27.4 Å². The Balaban J connectivity index is 2.54. The van der Waals surface area contributed by atoms with Crippen LogP contribution in [0, 0.1) is 0 Å². The summed E-state index contributed by atoms with van der Waals surface area (Å²) in [6.45, 7) is 0.433. The maximum absolute atomic E-state index is 11.1. The van der Waals surface area contributed by atoms with Crippen LogP contribution in [0.3, 0.4) is 0 Å². The summed E-state index contributed by atoms with van der Waals surface area (Å²) in [4.78, 5) is 0. The van der Waals surface area contributed by atoms with Gasteiger partial charge in [-0.1, -0.05) is 30.3 Å². The fraction of sp³-hybridized carbons (Fsp3) is 0.222. The molecular weight excluding hydrogens is 246 g/mol. The van der Waals surface area contributed by atoms with Crippen LogP contribution in [0.25, 0.3) is 0 Å². The normalized spacial score (nSPS) is 10.9. The van der Waals surface area contributed by atoms with Crippen molar-refractivity contribution in [2.24, 2.45) is 5.84 Å². The van der Waals surface area contributed by atoms with Crippen LogP contribution in [-0.2, 0) is 16.6 Å². The van der Waals surface area contributed by atoms with Crippen LogP contribution in [0.4, 0.5) is 0 Å². The summed E-state index contributed by atoms with van der Waals surface area (Å²) >= 11 is 4.83. The van der Waals surface area contributed by atoms with Gasteiger partial charge in [0.15, 0.2) is 5.11 Å². The molecule has 0 radical (unpaired) electrons. The highest BCUT2D eigenvalue weighted by Crippen LogP contribution is 1.98. The Kier molecular flexibility index (Phi) is 4.22. The second kappa shape index (κ2) is 5.24. The van der Waals surface area contributed by atoms with E-state index in [1.807, 2.05) is 30.3 Å². The molecule has 88 valence electrons. The van der Waals surface area contributed by atoms with E-state index in [9.17, 15) is 8.42 Å². The molecule has 0 aromatic heterocycles. The minimum absolute atomic E-state index is 0.0219. The first kappa shape index (κ1) is 12.9. The third kappa shape index (κ3) is 3.76. The first-order chi connectivity index (χ1) is 7.41. The zero-order valence-electron chi connectivity index (χ0n) is 8.75. The minimum atomic E-state index is -3.50. The minimum Gasteiger partial charge on any atom is -0.357 e. The van der Waals surface area contributed by atoms with Crippen LogP contribution in [0.15, 0.2) is 30.3 Å². The third-order valence-corrected chi connectivity index (χ3v) is 3.20. The maximum atomic E-state index is 11.1. The molecule has 0 spiro atoms. The smallest absolute Gasteiger partial charge is 0.247 e. The number of hydrogen-bond acceptors (Lipinski definition) is 4. The third-order valence-electron chi connectivity index (χ3n) is 1.84. The van der Waals surface area contributed by atoms with E-state index in [4.69, 9.17) is 18.1 Å². The Morgan fingerprint density at radius 3 is 2.50 bits per heavy atom. The standard InChI is InChI=1S/C9H13N3O2S2/c1-16(13,14)12(10)9(15)11-7-8-5-3-2-4-6-8/h2-6H,7,10H2,1H3,(H,11,15). The van der Waals surface area contributed by atoms with Gasteiger partial charge < -0.3 is 5.32 Å². The predicted molar refractivity (Wildman–Crippen MR) is 66.7 cm³/mol. The first-order valence-electron chi connectivity index (χ1n) is 4.48. The summed E-state index contributed by atoms with van der Waals surface area (Å²) in [5.74, 6) is 5.30. The predicted octanol–water partition coefficient (Wildman–Crippen LogP) is 0.196. The average molecular weight is 259 g/mol. The molecule has 7 heteroatoms. The summed E-state index contributed by atoms with van der Waals surface area (Å²) in [5.41, 5.74) is 0.992. The van der Waals surface area contributed by atoms with Crippen molar-refractivity contribution in [3.05, 3.63) is 35.9 Å². The Labute approximate surface area is 100 Å². The van der Waals surface area contributed by atoms with Crippen LogP contribution >= 0.6 is 12.2 Å². The molecule has 1 aromatic carbocycles. The van der Waals surface area contributed by atoms with E-state index in [-0.39, 0.29) is 5.11 Å². The molecule has 0 fully saturated rings. The Morgan fingerprint density at radius 1 is 1.44 bits per heavy atom. The summed E-state index contributed by atoms with van der Waals surface area (Å²) in [6, 6.07) is 9.47. The zero-order chi connectivity index (χ0) is 12.2.